The Morgan fingerprint density at radius 1 is 0.737 bits per heavy atom. The van der Waals surface area contributed by atoms with Gasteiger partial charge in [0.15, 0.2) is 11.6 Å². The number of rotatable bonds is 4. The van der Waals surface area contributed by atoms with Crippen LogP contribution in [0.5, 0.6) is 0 Å². The molecule has 0 saturated heterocycles. The number of hydrogen-bond acceptors (Lipinski definition) is 2. The first-order chi connectivity index (χ1) is 9.16. The minimum absolute atomic E-state index is 0.192. The minimum Gasteiger partial charge on any atom is -0.289 e. The van der Waals surface area contributed by atoms with Crippen LogP contribution >= 0.6 is 11.6 Å². The number of allylic oxidation sites excluding steroid dienone is 2. The summed E-state index contributed by atoms with van der Waals surface area (Å²) >= 11 is 5.74. The molecule has 0 N–H and O–H groups in total. The third-order valence-corrected chi connectivity index (χ3v) is 2.83. The van der Waals surface area contributed by atoms with Gasteiger partial charge in [-0.05, 0) is 36.4 Å². The molecule has 0 aliphatic carbocycles. The topological polar surface area (TPSA) is 34.1 Å². The Balaban J connectivity index is 2.09. The van der Waals surface area contributed by atoms with Crippen LogP contribution in [0.3, 0.4) is 0 Å². The van der Waals surface area contributed by atoms with E-state index in [1.54, 1.807) is 48.5 Å². The Hall–Kier alpha value is -2.19. The molecule has 0 fully saturated rings. The highest BCUT2D eigenvalue weighted by atomic mass is 35.5. The Bertz CT molecular complexity index is 613. The van der Waals surface area contributed by atoms with Crippen LogP contribution < -0.4 is 0 Å². The van der Waals surface area contributed by atoms with Crippen molar-refractivity contribution in [2.24, 2.45) is 0 Å². The molecule has 94 valence electrons. The summed E-state index contributed by atoms with van der Waals surface area (Å²) in [5.41, 5.74) is 1.06. The number of carbonyl (C=O) groups is 2. The van der Waals surface area contributed by atoms with Crippen molar-refractivity contribution in [2.75, 3.05) is 0 Å². The molecule has 2 aromatic rings. The molecule has 0 radical (unpaired) electrons. The average molecular weight is 271 g/mol. The molecule has 0 bridgehead atoms. The summed E-state index contributed by atoms with van der Waals surface area (Å²) in [7, 11) is 0. The maximum Gasteiger partial charge on any atom is 0.185 e. The van der Waals surface area contributed by atoms with E-state index >= 15 is 0 Å². The third-order valence-electron chi connectivity index (χ3n) is 2.57. The van der Waals surface area contributed by atoms with Crippen molar-refractivity contribution in [3.8, 4) is 0 Å². The molecule has 0 aromatic heterocycles. The Kier molecular flexibility index (Phi) is 4.26. The summed E-state index contributed by atoms with van der Waals surface area (Å²) in [4.78, 5) is 23.6. The molecule has 0 aliphatic rings. The van der Waals surface area contributed by atoms with E-state index in [0.29, 0.717) is 16.1 Å². The highest BCUT2D eigenvalue weighted by molar-refractivity contribution is 6.30. The van der Waals surface area contributed by atoms with Gasteiger partial charge in [-0.3, -0.25) is 9.59 Å². The van der Waals surface area contributed by atoms with Gasteiger partial charge in [-0.2, -0.15) is 0 Å². The fraction of sp³-hybridized carbons (Fsp3) is 0. The standard InChI is InChI=1S/C16H11ClO2/c17-14-8-6-13(7-9-14)16(19)11-10-15(18)12-4-2-1-3-5-12/h1-11H. The first kappa shape index (κ1) is 13.2. The molecule has 3 heteroatoms. The van der Waals surface area contributed by atoms with E-state index in [1.807, 2.05) is 6.07 Å². The average Bonchev–Trinajstić information content (AvgIpc) is 2.46. The zero-order valence-corrected chi connectivity index (χ0v) is 10.8. The molecule has 19 heavy (non-hydrogen) atoms. The van der Waals surface area contributed by atoms with Crippen LogP contribution in [0.1, 0.15) is 20.7 Å². The molecule has 0 amide bonds. The molecule has 2 rings (SSSR count). The van der Waals surface area contributed by atoms with Gasteiger partial charge in [0.25, 0.3) is 0 Å². The summed E-state index contributed by atoms with van der Waals surface area (Å²) in [6, 6.07) is 15.3. The molecule has 0 saturated carbocycles. The lowest BCUT2D eigenvalue weighted by Gasteiger charge is -1.96. The van der Waals surface area contributed by atoms with Gasteiger partial charge in [-0.15, -0.1) is 0 Å². The van der Waals surface area contributed by atoms with Gasteiger partial charge in [-0.25, -0.2) is 0 Å². The van der Waals surface area contributed by atoms with Gasteiger partial charge in [0.05, 0.1) is 0 Å². The maximum atomic E-state index is 11.8. The molecule has 0 heterocycles. The second-order valence-electron chi connectivity index (χ2n) is 3.93. The van der Waals surface area contributed by atoms with Crippen LogP contribution in [-0.4, -0.2) is 11.6 Å². The summed E-state index contributed by atoms with van der Waals surface area (Å²) in [6.07, 6.45) is 2.56. The highest BCUT2D eigenvalue weighted by Gasteiger charge is 2.04. The Morgan fingerprint density at radius 2 is 1.21 bits per heavy atom. The quantitative estimate of drug-likeness (QED) is 0.622. The van der Waals surface area contributed by atoms with Crippen LogP contribution in [0.25, 0.3) is 0 Å². The van der Waals surface area contributed by atoms with Gasteiger partial charge in [-0.1, -0.05) is 41.9 Å². The SMILES string of the molecule is O=C(C=CC(=O)c1ccc(Cl)cc1)c1ccccc1. The normalized spacial score (nSPS) is 10.6. The van der Waals surface area contributed by atoms with Gasteiger partial charge in [0, 0.05) is 16.1 Å². The minimum atomic E-state index is -0.221. The van der Waals surface area contributed by atoms with Gasteiger partial charge in [0.2, 0.25) is 0 Å². The lowest BCUT2D eigenvalue weighted by Crippen LogP contribution is -1.98. The van der Waals surface area contributed by atoms with Gasteiger partial charge in [0.1, 0.15) is 0 Å². The highest BCUT2D eigenvalue weighted by Crippen LogP contribution is 2.10. The van der Waals surface area contributed by atoms with Gasteiger partial charge >= 0.3 is 0 Å². The van der Waals surface area contributed by atoms with E-state index in [0.717, 1.165) is 0 Å². The largest absolute Gasteiger partial charge is 0.289 e. The molecule has 0 spiro atoms. The fourth-order valence-electron chi connectivity index (χ4n) is 1.56. The van der Waals surface area contributed by atoms with Crippen LogP contribution in [-0.2, 0) is 0 Å². The van der Waals surface area contributed by atoms with E-state index in [1.165, 1.54) is 12.2 Å². The Labute approximate surface area is 116 Å². The van der Waals surface area contributed by atoms with E-state index in [2.05, 4.69) is 0 Å². The summed E-state index contributed by atoms with van der Waals surface area (Å²) < 4.78 is 0. The number of carbonyl (C=O) groups excluding carboxylic acids is 2. The molecule has 0 atom stereocenters. The molecule has 2 nitrogen and oxygen atoms in total. The number of hydrogen-bond donors (Lipinski definition) is 0. The van der Waals surface area contributed by atoms with E-state index in [-0.39, 0.29) is 11.6 Å². The number of halogens is 1. The molecule has 0 aliphatic heterocycles. The van der Waals surface area contributed by atoms with Gasteiger partial charge < -0.3 is 0 Å². The molecular formula is C16H11ClO2. The third kappa shape index (κ3) is 3.63. The number of ketones is 2. The first-order valence-electron chi connectivity index (χ1n) is 5.74. The second-order valence-corrected chi connectivity index (χ2v) is 4.37. The van der Waals surface area contributed by atoms with Crippen molar-refractivity contribution < 1.29 is 9.59 Å². The smallest absolute Gasteiger partial charge is 0.185 e. The van der Waals surface area contributed by atoms with E-state index < -0.39 is 0 Å². The second kappa shape index (κ2) is 6.12. The summed E-state index contributed by atoms with van der Waals surface area (Å²) in [5.74, 6) is -0.413. The molecular weight excluding hydrogens is 260 g/mol. The van der Waals surface area contributed by atoms with E-state index in [9.17, 15) is 9.59 Å². The van der Waals surface area contributed by atoms with Crippen molar-refractivity contribution in [1.82, 2.24) is 0 Å². The van der Waals surface area contributed by atoms with Crippen LogP contribution in [0.2, 0.25) is 5.02 Å². The van der Waals surface area contributed by atoms with E-state index in [4.69, 9.17) is 11.6 Å². The zero-order chi connectivity index (χ0) is 13.7. The van der Waals surface area contributed by atoms with Crippen molar-refractivity contribution in [2.45, 2.75) is 0 Å². The molecule has 0 unspecified atom stereocenters. The summed E-state index contributed by atoms with van der Waals surface area (Å²) in [6.45, 7) is 0. The Morgan fingerprint density at radius 3 is 1.74 bits per heavy atom. The van der Waals surface area contributed by atoms with Crippen molar-refractivity contribution >= 4 is 23.2 Å². The van der Waals surface area contributed by atoms with Crippen LogP contribution in [0.4, 0.5) is 0 Å². The molecule has 2 aromatic carbocycles. The predicted molar refractivity (Wildman–Crippen MR) is 75.7 cm³/mol. The lowest BCUT2D eigenvalue weighted by atomic mass is 10.1. The summed E-state index contributed by atoms with van der Waals surface area (Å²) in [5, 5.41) is 0.570. The predicted octanol–water partition coefficient (Wildman–Crippen LogP) is 3.96. The van der Waals surface area contributed by atoms with Crippen LogP contribution in [0, 0.1) is 0 Å². The maximum absolute atomic E-state index is 11.8. The number of benzene rings is 2. The first-order valence-corrected chi connectivity index (χ1v) is 6.12. The fourth-order valence-corrected chi connectivity index (χ4v) is 1.69. The monoisotopic (exact) mass is 270 g/mol. The lowest BCUT2D eigenvalue weighted by molar-refractivity contribution is 0.102. The van der Waals surface area contributed by atoms with Crippen molar-refractivity contribution in [1.29, 1.82) is 0 Å². The van der Waals surface area contributed by atoms with Crippen molar-refractivity contribution in [3.05, 3.63) is 82.9 Å². The van der Waals surface area contributed by atoms with Crippen LogP contribution in [0.15, 0.2) is 66.7 Å². The van der Waals surface area contributed by atoms with Crippen molar-refractivity contribution in [3.63, 3.8) is 0 Å². The zero-order valence-electron chi connectivity index (χ0n) is 10.0.